The van der Waals surface area contributed by atoms with Crippen LogP contribution in [-0.2, 0) is 14.4 Å². The molecule has 10 heteroatoms. The van der Waals surface area contributed by atoms with Crippen molar-refractivity contribution in [2.75, 3.05) is 6.61 Å². The van der Waals surface area contributed by atoms with E-state index >= 15 is 0 Å². The number of halogens is 2. The Balaban J connectivity index is 1.13. The van der Waals surface area contributed by atoms with Crippen LogP contribution in [0.1, 0.15) is 51.4 Å². The molecule has 1 aromatic rings. The number of fused-ring (bicyclic) bond motifs is 3. The molecule has 5 fully saturated rings. The first-order valence-electron chi connectivity index (χ1n) is 11.6. The molecular weight excluding hydrogens is 453 g/mol. The number of carbonyl (C=O) groups excluding carboxylic acids is 2. The van der Waals surface area contributed by atoms with E-state index in [0.717, 1.165) is 6.07 Å². The van der Waals surface area contributed by atoms with Gasteiger partial charge in [-0.25, -0.2) is 4.39 Å². The summed E-state index contributed by atoms with van der Waals surface area (Å²) in [6.45, 7) is -0.269. The number of nitrogens with one attached hydrogen (secondary N) is 3. The minimum absolute atomic E-state index is 0.0156. The number of hydroxylamine groups is 1. The zero-order valence-electron chi connectivity index (χ0n) is 18.2. The minimum Gasteiger partial charge on any atom is -0.484 e. The summed E-state index contributed by atoms with van der Waals surface area (Å²) in [5.74, 6) is -0.329. The topological polar surface area (TPSA) is 109 Å². The number of aliphatic hydroxyl groups excluding tert-OH is 1. The summed E-state index contributed by atoms with van der Waals surface area (Å²) < 4.78 is 18.9. The van der Waals surface area contributed by atoms with Gasteiger partial charge < -0.3 is 20.5 Å². The first-order valence-corrected chi connectivity index (χ1v) is 12.0. The summed E-state index contributed by atoms with van der Waals surface area (Å²) in [7, 11) is 0. The van der Waals surface area contributed by atoms with Crippen molar-refractivity contribution < 1.29 is 28.7 Å². The number of rotatable bonds is 7. The third-order valence-electron chi connectivity index (χ3n) is 7.67. The van der Waals surface area contributed by atoms with Crippen LogP contribution in [0.2, 0.25) is 5.02 Å². The molecule has 1 aliphatic heterocycles. The van der Waals surface area contributed by atoms with Gasteiger partial charge in [0.05, 0.1) is 16.7 Å². The standard InChI is InChI=1S/C23H29ClFN3O5/c24-15-4-3-14(9-16(15)25)32-12-20(30)26-22-5-7-23(8-6-22,19(29)11-22)27-21(31)18-10-17(28-33-18)13-1-2-13/h3-4,9,13,17-19,28-29H,1-2,5-8,10-12H2,(H,26,30)(H,27,31). The van der Waals surface area contributed by atoms with Crippen molar-refractivity contribution in [2.45, 2.75) is 80.7 Å². The number of benzene rings is 1. The van der Waals surface area contributed by atoms with Crippen LogP contribution in [0.15, 0.2) is 18.2 Å². The third-order valence-corrected chi connectivity index (χ3v) is 7.98. The Morgan fingerprint density at radius 1 is 1.24 bits per heavy atom. The Bertz CT molecular complexity index is 935. The highest BCUT2D eigenvalue weighted by atomic mass is 35.5. The van der Waals surface area contributed by atoms with Crippen molar-refractivity contribution in [3.05, 3.63) is 29.0 Å². The Morgan fingerprint density at radius 3 is 2.67 bits per heavy atom. The van der Waals surface area contributed by atoms with Gasteiger partial charge >= 0.3 is 0 Å². The van der Waals surface area contributed by atoms with E-state index in [1.54, 1.807) is 0 Å². The maximum absolute atomic E-state index is 13.5. The zero-order chi connectivity index (χ0) is 23.2. The predicted molar refractivity (Wildman–Crippen MR) is 117 cm³/mol. The lowest BCUT2D eigenvalue weighted by Gasteiger charge is -2.56. The largest absolute Gasteiger partial charge is 0.484 e. The summed E-state index contributed by atoms with van der Waals surface area (Å²) >= 11 is 5.66. The average molecular weight is 482 g/mol. The molecular formula is C23H29ClFN3O5. The quantitative estimate of drug-likeness (QED) is 0.474. The van der Waals surface area contributed by atoms with E-state index in [1.165, 1.54) is 25.0 Å². The molecule has 4 saturated carbocycles. The second kappa shape index (κ2) is 8.69. The molecule has 3 atom stereocenters. The highest BCUT2D eigenvalue weighted by Gasteiger charge is 2.56. The van der Waals surface area contributed by atoms with Gasteiger partial charge in [-0.3, -0.25) is 14.4 Å². The van der Waals surface area contributed by atoms with Crippen LogP contribution >= 0.6 is 11.6 Å². The number of carbonyl (C=O) groups is 2. The molecule has 2 amide bonds. The van der Waals surface area contributed by atoms with E-state index < -0.39 is 29.1 Å². The summed E-state index contributed by atoms with van der Waals surface area (Å²) in [6.07, 6.45) is 4.44. The fourth-order valence-electron chi connectivity index (χ4n) is 5.48. The molecule has 6 rings (SSSR count). The zero-order valence-corrected chi connectivity index (χ0v) is 19.0. The van der Waals surface area contributed by atoms with Gasteiger partial charge in [-0.05, 0) is 63.0 Å². The second-order valence-corrected chi connectivity index (χ2v) is 10.4. The maximum atomic E-state index is 13.5. The third kappa shape index (κ3) is 4.69. The van der Waals surface area contributed by atoms with Crippen LogP contribution in [0, 0.1) is 11.7 Å². The molecule has 4 aliphatic carbocycles. The monoisotopic (exact) mass is 481 g/mol. The summed E-state index contributed by atoms with van der Waals surface area (Å²) in [5.41, 5.74) is 1.75. The van der Waals surface area contributed by atoms with Gasteiger partial charge in [-0.2, -0.15) is 5.48 Å². The van der Waals surface area contributed by atoms with E-state index in [2.05, 4.69) is 16.1 Å². The van der Waals surface area contributed by atoms with Crippen molar-refractivity contribution in [3.8, 4) is 5.75 Å². The van der Waals surface area contributed by atoms with E-state index in [0.29, 0.717) is 44.4 Å². The van der Waals surface area contributed by atoms with Crippen LogP contribution in [0.4, 0.5) is 4.39 Å². The van der Waals surface area contributed by atoms with Gasteiger partial charge in [0.2, 0.25) is 0 Å². The van der Waals surface area contributed by atoms with E-state index in [-0.39, 0.29) is 35.2 Å². The average Bonchev–Trinajstić information content (AvgIpc) is 3.52. The lowest BCUT2D eigenvalue weighted by Crippen LogP contribution is -2.71. The minimum atomic E-state index is -0.774. The molecule has 33 heavy (non-hydrogen) atoms. The molecule has 5 aliphatic rings. The van der Waals surface area contributed by atoms with Crippen LogP contribution in [0.5, 0.6) is 5.75 Å². The normalized spacial score (nSPS) is 35.3. The Hall–Kier alpha value is -1.94. The molecule has 0 aromatic heterocycles. The number of amides is 2. The number of hydrogen-bond donors (Lipinski definition) is 4. The lowest BCUT2D eigenvalue weighted by atomic mass is 9.59. The molecule has 1 aromatic carbocycles. The fraction of sp³-hybridized carbons (Fsp3) is 0.652. The van der Waals surface area contributed by atoms with E-state index in [9.17, 15) is 19.1 Å². The molecule has 3 unspecified atom stereocenters. The molecule has 0 radical (unpaired) electrons. The Labute approximate surface area is 196 Å². The van der Waals surface area contributed by atoms with Gasteiger partial charge in [-0.15, -0.1) is 0 Å². The second-order valence-electron chi connectivity index (χ2n) is 9.96. The first kappa shape index (κ1) is 22.8. The Morgan fingerprint density at radius 2 is 2.00 bits per heavy atom. The van der Waals surface area contributed by atoms with Gasteiger partial charge in [0, 0.05) is 24.1 Å². The van der Waals surface area contributed by atoms with Crippen molar-refractivity contribution in [1.82, 2.24) is 16.1 Å². The first-order chi connectivity index (χ1) is 15.8. The number of ether oxygens (including phenoxy) is 1. The highest BCUT2D eigenvalue weighted by Crippen LogP contribution is 2.47. The Kier molecular flexibility index (Phi) is 6.01. The molecule has 1 heterocycles. The van der Waals surface area contributed by atoms with Gasteiger partial charge in [0.25, 0.3) is 11.8 Å². The van der Waals surface area contributed by atoms with Gasteiger partial charge in [0.1, 0.15) is 11.6 Å². The van der Waals surface area contributed by atoms with Crippen LogP contribution < -0.4 is 20.9 Å². The van der Waals surface area contributed by atoms with Gasteiger partial charge in [0.15, 0.2) is 12.7 Å². The molecule has 180 valence electrons. The smallest absolute Gasteiger partial charge is 0.258 e. The van der Waals surface area contributed by atoms with Crippen LogP contribution in [0.25, 0.3) is 0 Å². The van der Waals surface area contributed by atoms with E-state index in [4.69, 9.17) is 21.2 Å². The fourth-order valence-corrected chi connectivity index (χ4v) is 5.60. The summed E-state index contributed by atoms with van der Waals surface area (Å²) in [5, 5.41) is 17.0. The molecule has 4 N–H and O–H groups in total. The molecule has 1 saturated heterocycles. The molecule has 8 nitrogen and oxygen atoms in total. The van der Waals surface area contributed by atoms with Crippen LogP contribution in [-0.4, -0.2) is 52.9 Å². The SMILES string of the molecule is O=C(COc1ccc(Cl)c(F)c1)NC12CCC(NC(=O)C3CC(C4CC4)NO3)(CC1)C(O)C2. The van der Waals surface area contributed by atoms with Crippen LogP contribution in [0.3, 0.4) is 0 Å². The molecule has 2 bridgehead atoms. The number of aliphatic hydroxyl groups is 1. The lowest BCUT2D eigenvalue weighted by molar-refractivity contribution is -0.143. The maximum Gasteiger partial charge on any atom is 0.258 e. The van der Waals surface area contributed by atoms with Crippen molar-refractivity contribution in [2.24, 2.45) is 5.92 Å². The molecule has 0 spiro atoms. The van der Waals surface area contributed by atoms with Crippen molar-refractivity contribution in [3.63, 3.8) is 0 Å². The van der Waals surface area contributed by atoms with Crippen molar-refractivity contribution in [1.29, 1.82) is 0 Å². The summed E-state index contributed by atoms with van der Waals surface area (Å²) in [4.78, 5) is 30.9. The predicted octanol–water partition coefficient (Wildman–Crippen LogP) is 1.98. The van der Waals surface area contributed by atoms with Crippen molar-refractivity contribution >= 4 is 23.4 Å². The number of hydrogen-bond acceptors (Lipinski definition) is 6. The highest BCUT2D eigenvalue weighted by molar-refractivity contribution is 6.30. The van der Waals surface area contributed by atoms with E-state index in [1.807, 2.05) is 0 Å². The summed E-state index contributed by atoms with van der Waals surface area (Å²) in [6, 6.07) is 4.23. The van der Waals surface area contributed by atoms with Gasteiger partial charge in [-0.1, -0.05) is 11.6 Å².